The number of pyridine rings is 1. The molecule has 9 nitrogen and oxygen atoms in total. The molecule has 3 aromatic heterocycles. The number of amides is 1. The number of fused-ring (bicyclic) bond motifs is 1. The van der Waals surface area contributed by atoms with Gasteiger partial charge in [0.2, 0.25) is 0 Å². The molecule has 188 valence electrons. The maximum atomic E-state index is 13.4. The van der Waals surface area contributed by atoms with Crippen molar-refractivity contribution < 1.29 is 18.3 Å². The Kier molecular flexibility index (Phi) is 7.09. The van der Waals surface area contributed by atoms with Gasteiger partial charge in [-0.2, -0.15) is 24.1 Å². The van der Waals surface area contributed by atoms with Gasteiger partial charge in [0, 0.05) is 24.8 Å². The highest BCUT2D eigenvalue weighted by atomic mass is 19.3. The Hall–Kier alpha value is -4.15. The summed E-state index contributed by atoms with van der Waals surface area (Å²) in [5, 5.41) is 13.8. The largest absolute Gasteiger partial charge is 0.435 e. The van der Waals surface area contributed by atoms with E-state index in [2.05, 4.69) is 32.4 Å². The molecule has 0 bridgehead atoms. The van der Waals surface area contributed by atoms with Gasteiger partial charge in [-0.1, -0.05) is 6.92 Å². The number of aryl methyl sites for hydroxylation is 3. The van der Waals surface area contributed by atoms with E-state index in [1.54, 1.807) is 36.0 Å². The normalized spacial score (nSPS) is 11.9. The molecule has 1 N–H and O–H groups in total. The number of aromatic nitrogens is 5. The van der Waals surface area contributed by atoms with Crippen LogP contribution in [-0.2, 0) is 13.6 Å². The number of carbonyl (C=O) groups excluding carboxylic acids is 1. The third-order valence-corrected chi connectivity index (χ3v) is 5.89. The van der Waals surface area contributed by atoms with E-state index in [0.717, 1.165) is 17.7 Å². The van der Waals surface area contributed by atoms with Crippen LogP contribution in [0.4, 0.5) is 8.78 Å². The molecule has 0 saturated heterocycles. The first-order valence-corrected chi connectivity index (χ1v) is 11.5. The zero-order chi connectivity index (χ0) is 26.0. The number of nitrogens with zero attached hydrogens (tertiary/aromatic N) is 6. The van der Waals surface area contributed by atoms with Gasteiger partial charge in [-0.15, -0.1) is 0 Å². The van der Waals surface area contributed by atoms with Crippen molar-refractivity contribution in [1.29, 1.82) is 0 Å². The van der Waals surface area contributed by atoms with Crippen LogP contribution in [0.2, 0.25) is 0 Å². The lowest BCUT2D eigenvalue weighted by Gasteiger charge is -2.09. The highest BCUT2D eigenvalue weighted by molar-refractivity contribution is 6.08. The van der Waals surface area contributed by atoms with Crippen LogP contribution in [0.1, 0.15) is 47.6 Å². The molecule has 0 spiro atoms. The molecule has 11 heteroatoms. The lowest BCUT2D eigenvalue weighted by molar-refractivity contribution is -0.0498. The van der Waals surface area contributed by atoms with Crippen molar-refractivity contribution in [2.24, 2.45) is 12.1 Å². The van der Waals surface area contributed by atoms with Gasteiger partial charge in [-0.25, -0.2) is 15.1 Å². The minimum atomic E-state index is -2.90. The molecule has 36 heavy (non-hydrogen) atoms. The number of hydrogen-bond acceptors (Lipinski definition) is 6. The number of halogens is 2. The number of benzene rings is 1. The zero-order valence-electron chi connectivity index (χ0n) is 20.7. The fourth-order valence-electron chi connectivity index (χ4n) is 3.93. The quantitative estimate of drug-likeness (QED) is 0.284. The Morgan fingerprint density at radius 2 is 1.94 bits per heavy atom. The van der Waals surface area contributed by atoms with Gasteiger partial charge in [0.25, 0.3) is 5.91 Å². The van der Waals surface area contributed by atoms with Crippen molar-refractivity contribution in [3.63, 3.8) is 0 Å². The Morgan fingerprint density at radius 1 is 1.22 bits per heavy atom. The van der Waals surface area contributed by atoms with Crippen molar-refractivity contribution >= 4 is 22.7 Å². The topological polar surface area (TPSA) is 99.2 Å². The van der Waals surface area contributed by atoms with Crippen LogP contribution in [0, 0.1) is 13.8 Å². The maximum Gasteiger partial charge on any atom is 0.387 e. The number of ether oxygens (including phenoxy) is 1. The minimum Gasteiger partial charge on any atom is -0.435 e. The van der Waals surface area contributed by atoms with Gasteiger partial charge in [-0.05, 0) is 63.1 Å². The van der Waals surface area contributed by atoms with Crippen LogP contribution >= 0.6 is 0 Å². The van der Waals surface area contributed by atoms with E-state index in [0.29, 0.717) is 45.8 Å². The molecular weight excluding hydrogens is 468 g/mol. The smallest absolute Gasteiger partial charge is 0.387 e. The summed E-state index contributed by atoms with van der Waals surface area (Å²) in [5.41, 5.74) is 7.83. The molecule has 4 aromatic rings. The van der Waals surface area contributed by atoms with Crippen molar-refractivity contribution in [3.05, 3.63) is 59.0 Å². The van der Waals surface area contributed by atoms with E-state index in [1.807, 2.05) is 25.6 Å². The summed E-state index contributed by atoms with van der Waals surface area (Å²) in [6, 6.07) is 7.75. The van der Waals surface area contributed by atoms with Crippen molar-refractivity contribution in [1.82, 2.24) is 30.0 Å². The fraction of sp³-hybridized carbons (Fsp3) is 0.320. The van der Waals surface area contributed by atoms with E-state index in [1.165, 1.54) is 12.1 Å². The van der Waals surface area contributed by atoms with E-state index in [4.69, 9.17) is 4.98 Å². The van der Waals surface area contributed by atoms with E-state index >= 15 is 0 Å². The monoisotopic (exact) mass is 495 g/mol. The predicted molar refractivity (Wildman–Crippen MR) is 132 cm³/mol. The molecule has 0 atom stereocenters. The predicted octanol–water partition coefficient (Wildman–Crippen LogP) is 4.61. The third-order valence-electron chi connectivity index (χ3n) is 5.89. The molecule has 0 aliphatic carbocycles. The van der Waals surface area contributed by atoms with Crippen molar-refractivity contribution in [2.45, 2.75) is 47.3 Å². The van der Waals surface area contributed by atoms with Crippen LogP contribution in [0.3, 0.4) is 0 Å². The number of nitrogens with one attached hydrogen (secondary N) is 1. The first kappa shape index (κ1) is 25.0. The van der Waals surface area contributed by atoms with Gasteiger partial charge in [0.1, 0.15) is 5.75 Å². The Labute approximate surface area is 206 Å². The SMILES string of the molecule is CCCn1nc(C)c2c(C(=O)N/N=C(\C)c3ccc(OC(F)F)cc3)cc(-c3cnn(C)c3C)nc21. The minimum absolute atomic E-state index is 0.0440. The summed E-state index contributed by atoms with van der Waals surface area (Å²) in [7, 11) is 1.85. The Balaban J connectivity index is 1.70. The Bertz CT molecular complexity index is 1440. The summed E-state index contributed by atoms with van der Waals surface area (Å²) in [6.07, 6.45) is 2.59. The highest BCUT2D eigenvalue weighted by Crippen LogP contribution is 2.29. The number of carbonyl (C=O) groups is 1. The van der Waals surface area contributed by atoms with Crippen LogP contribution in [-0.4, -0.2) is 42.8 Å². The second kappa shape index (κ2) is 10.2. The first-order valence-electron chi connectivity index (χ1n) is 11.5. The average molecular weight is 496 g/mol. The van der Waals surface area contributed by atoms with Gasteiger partial charge < -0.3 is 4.74 Å². The number of rotatable bonds is 8. The summed E-state index contributed by atoms with van der Waals surface area (Å²) >= 11 is 0. The second-order valence-electron chi connectivity index (χ2n) is 8.37. The maximum absolute atomic E-state index is 13.4. The van der Waals surface area contributed by atoms with Crippen LogP contribution in [0.15, 0.2) is 41.6 Å². The molecule has 0 unspecified atom stereocenters. The molecule has 0 saturated carbocycles. The number of alkyl halides is 2. The highest BCUT2D eigenvalue weighted by Gasteiger charge is 2.21. The molecule has 0 aliphatic rings. The van der Waals surface area contributed by atoms with E-state index in [9.17, 15) is 13.6 Å². The molecule has 0 fully saturated rings. The van der Waals surface area contributed by atoms with Crippen molar-refractivity contribution in [2.75, 3.05) is 0 Å². The third kappa shape index (κ3) is 4.95. The summed E-state index contributed by atoms with van der Waals surface area (Å²) in [5.74, 6) is -0.371. The lowest BCUT2D eigenvalue weighted by Crippen LogP contribution is -2.20. The van der Waals surface area contributed by atoms with Crippen LogP contribution in [0.25, 0.3) is 22.3 Å². The zero-order valence-corrected chi connectivity index (χ0v) is 20.7. The van der Waals surface area contributed by atoms with Gasteiger partial charge in [0.15, 0.2) is 5.65 Å². The molecule has 1 aromatic carbocycles. The lowest BCUT2D eigenvalue weighted by atomic mass is 10.1. The first-order chi connectivity index (χ1) is 17.2. The fourth-order valence-corrected chi connectivity index (χ4v) is 3.93. The van der Waals surface area contributed by atoms with Crippen LogP contribution < -0.4 is 10.2 Å². The summed E-state index contributed by atoms with van der Waals surface area (Å²) in [6.45, 7) is 5.31. The molecule has 3 heterocycles. The molecule has 4 rings (SSSR count). The standard InChI is InChI=1S/C25H27F2N7O2/c1-6-11-34-23-22(15(3)32-34)19(12-21(29-23)20-13-28-33(5)16(20)4)24(35)31-30-14(2)17-7-9-18(10-8-17)36-25(26)27/h7-10,12-13,25H,6,11H2,1-5H3,(H,31,35)/b30-14+. The van der Waals surface area contributed by atoms with E-state index in [-0.39, 0.29) is 5.75 Å². The molecule has 0 radical (unpaired) electrons. The average Bonchev–Trinajstić information content (AvgIpc) is 3.35. The molecular formula is C25H27F2N7O2. The second-order valence-corrected chi connectivity index (χ2v) is 8.37. The summed E-state index contributed by atoms with van der Waals surface area (Å²) in [4.78, 5) is 18.2. The molecule has 0 aliphatic heterocycles. The number of hydrazone groups is 1. The van der Waals surface area contributed by atoms with Gasteiger partial charge >= 0.3 is 6.61 Å². The summed E-state index contributed by atoms with van der Waals surface area (Å²) < 4.78 is 32.7. The van der Waals surface area contributed by atoms with Crippen LogP contribution in [0.5, 0.6) is 5.75 Å². The Morgan fingerprint density at radius 3 is 2.56 bits per heavy atom. The number of hydrogen-bond donors (Lipinski definition) is 1. The van der Waals surface area contributed by atoms with Gasteiger partial charge in [0.05, 0.1) is 34.2 Å². The van der Waals surface area contributed by atoms with Crippen molar-refractivity contribution in [3.8, 4) is 17.0 Å². The van der Waals surface area contributed by atoms with E-state index < -0.39 is 12.5 Å². The molecule has 1 amide bonds. The van der Waals surface area contributed by atoms with Gasteiger partial charge in [-0.3, -0.25) is 9.48 Å².